The first kappa shape index (κ1) is 17.7. The molecular weight excluding hydrogens is 356 g/mol. The Morgan fingerprint density at radius 1 is 1.04 bits per heavy atom. The molecule has 1 unspecified atom stereocenters. The van der Waals surface area contributed by atoms with Crippen LogP contribution in [0, 0.1) is 0 Å². The molecule has 1 heterocycles. The summed E-state index contributed by atoms with van der Waals surface area (Å²) in [6.45, 7) is 0. The van der Waals surface area contributed by atoms with Gasteiger partial charge in [-0.3, -0.25) is 0 Å². The van der Waals surface area contributed by atoms with Crippen molar-refractivity contribution in [3.63, 3.8) is 0 Å². The van der Waals surface area contributed by atoms with Gasteiger partial charge in [0.15, 0.2) is 5.76 Å². The number of aromatic nitrogens is 1. The lowest BCUT2D eigenvalue weighted by molar-refractivity contribution is 0.310. The van der Waals surface area contributed by atoms with Crippen LogP contribution >= 0.6 is 11.6 Å². The van der Waals surface area contributed by atoms with Crippen LogP contribution in [0.4, 0.5) is 0 Å². The fourth-order valence-corrected chi connectivity index (χ4v) is 2.56. The van der Waals surface area contributed by atoms with Gasteiger partial charge in [-0.15, -0.1) is 0 Å². The molecule has 0 saturated carbocycles. The molecule has 0 radical (unpaired) electrons. The van der Waals surface area contributed by atoms with Gasteiger partial charge in [0.25, 0.3) is 0 Å². The molecule has 0 bridgehead atoms. The second-order valence-electron chi connectivity index (χ2n) is 5.40. The molecule has 7 nitrogen and oxygen atoms in total. The van der Waals surface area contributed by atoms with E-state index >= 15 is 0 Å². The number of benzene rings is 2. The van der Waals surface area contributed by atoms with E-state index in [0.29, 0.717) is 16.3 Å². The highest BCUT2D eigenvalue weighted by atomic mass is 35.5. The van der Waals surface area contributed by atoms with Gasteiger partial charge in [-0.2, -0.15) is 0 Å². The van der Waals surface area contributed by atoms with E-state index in [1.807, 2.05) is 6.07 Å². The molecule has 8 heteroatoms. The molecule has 0 amide bonds. The molecular formula is C18H15ClN4O3. The van der Waals surface area contributed by atoms with Crippen LogP contribution in [0.25, 0.3) is 11.3 Å². The fourth-order valence-electron chi connectivity index (χ4n) is 2.44. The van der Waals surface area contributed by atoms with Crippen LogP contribution < -0.4 is 5.73 Å². The smallest absolute Gasteiger partial charge is 0.160 e. The summed E-state index contributed by atoms with van der Waals surface area (Å²) in [6, 6.07) is 16.4. The average molecular weight is 371 g/mol. The van der Waals surface area contributed by atoms with Gasteiger partial charge in [0.05, 0.1) is 0 Å². The molecule has 1 aromatic heterocycles. The van der Waals surface area contributed by atoms with E-state index in [1.165, 1.54) is 0 Å². The van der Waals surface area contributed by atoms with Gasteiger partial charge in [0.1, 0.15) is 23.2 Å². The molecule has 4 N–H and O–H groups in total. The highest BCUT2D eigenvalue weighted by molar-refractivity contribution is 6.49. The summed E-state index contributed by atoms with van der Waals surface area (Å²) in [5.41, 5.74) is 7.99. The van der Waals surface area contributed by atoms with Crippen LogP contribution in [0.1, 0.15) is 17.4 Å². The Morgan fingerprint density at radius 3 is 2.35 bits per heavy atom. The lowest BCUT2D eigenvalue weighted by Crippen LogP contribution is -2.29. The van der Waals surface area contributed by atoms with Crippen molar-refractivity contribution in [3.8, 4) is 11.3 Å². The van der Waals surface area contributed by atoms with Gasteiger partial charge >= 0.3 is 0 Å². The number of halogens is 1. The summed E-state index contributed by atoms with van der Waals surface area (Å²) in [5, 5.41) is 29.8. The lowest BCUT2D eigenvalue weighted by atomic mass is 9.99. The van der Waals surface area contributed by atoms with Crippen molar-refractivity contribution in [2.24, 2.45) is 16.0 Å². The van der Waals surface area contributed by atoms with E-state index in [2.05, 4.69) is 15.5 Å². The van der Waals surface area contributed by atoms with E-state index in [4.69, 9.17) is 21.9 Å². The molecule has 132 valence electrons. The predicted octanol–water partition coefficient (Wildman–Crippen LogP) is 3.70. The maximum atomic E-state index is 9.41. The Labute approximate surface area is 154 Å². The van der Waals surface area contributed by atoms with E-state index in [-0.39, 0.29) is 17.2 Å². The fraction of sp³-hybridized carbons (Fsp3) is 0.0556. The van der Waals surface area contributed by atoms with Crippen molar-refractivity contribution in [1.82, 2.24) is 5.16 Å². The van der Waals surface area contributed by atoms with Crippen molar-refractivity contribution in [2.45, 2.75) is 6.04 Å². The van der Waals surface area contributed by atoms with Gasteiger partial charge in [-0.1, -0.05) is 69.5 Å². The Morgan fingerprint density at radius 2 is 1.73 bits per heavy atom. The third kappa shape index (κ3) is 3.58. The number of hydrogen-bond donors (Lipinski definition) is 3. The maximum absolute atomic E-state index is 9.41. The van der Waals surface area contributed by atoms with Crippen molar-refractivity contribution >= 4 is 23.0 Å². The predicted molar refractivity (Wildman–Crippen MR) is 97.9 cm³/mol. The van der Waals surface area contributed by atoms with Crippen LogP contribution in [0.3, 0.4) is 0 Å². The Balaban J connectivity index is 1.90. The molecule has 0 fully saturated rings. The quantitative estimate of drug-likeness (QED) is 0.359. The van der Waals surface area contributed by atoms with E-state index in [1.54, 1.807) is 54.6 Å². The number of hydrogen-bond acceptors (Lipinski definition) is 7. The molecule has 3 aromatic rings. The summed E-state index contributed by atoms with van der Waals surface area (Å²) in [6.07, 6.45) is 0. The molecule has 26 heavy (non-hydrogen) atoms. The Bertz CT molecular complexity index is 937. The lowest BCUT2D eigenvalue weighted by Gasteiger charge is -2.11. The molecule has 0 spiro atoms. The zero-order chi connectivity index (χ0) is 18.5. The largest absolute Gasteiger partial charge is 0.411 e. The topological polar surface area (TPSA) is 117 Å². The average Bonchev–Trinajstić information content (AvgIpc) is 3.17. The van der Waals surface area contributed by atoms with Crippen LogP contribution in [0.5, 0.6) is 0 Å². The molecule has 0 aliphatic rings. The highest BCUT2D eigenvalue weighted by Crippen LogP contribution is 2.24. The number of rotatable bonds is 5. The Hall–Kier alpha value is -3.16. The Kier molecular flexibility index (Phi) is 5.31. The van der Waals surface area contributed by atoms with Crippen LogP contribution in [-0.4, -0.2) is 27.0 Å². The molecule has 1 atom stereocenters. The minimum Gasteiger partial charge on any atom is -0.411 e. The summed E-state index contributed by atoms with van der Waals surface area (Å²) < 4.78 is 5.29. The van der Waals surface area contributed by atoms with Gasteiger partial charge in [-0.05, 0) is 12.1 Å². The van der Waals surface area contributed by atoms with Crippen molar-refractivity contribution < 1.29 is 14.9 Å². The summed E-state index contributed by atoms with van der Waals surface area (Å²) in [7, 11) is 0. The zero-order valence-corrected chi connectivity index (χ0v) is 14.2. The van der Waals surface area contributed by atoms with E-state index in [0.717, 1.165) is 5.56 Å². The van der Waals surface area contributed by atoms with Crippen LogP contribution in [0.15, 0.2) is 75.5 Å². The zero-order valence-electron chi connectivity index (χ0n) is 13.5. The molecule has 0 aliphatic carbocycles. The second-order valence-corrected chi connectivity index (χ2v) is 5.84. The van der Waals surface area contributed by atoms with Gasteiger partial charge < -0.3 is 20.7 Å². The van der Waals surface area contributed by atoms with Crippen molar-refractivity contribution in [2.75, 3.05) is 0 Å². The van der Waals surface area contributed by atoms with Crippen LogP contribution in [-0.2, 0) is 0 Å². The number of oxime groups is 2. The SMILES string of the molecule is NC(C(=N\O)/C(=N/O)c1ccccc1)c1cc(-c2ccc(Cl)cc2)no1. The van der Waals surface area contributed by atoms with E-state index in [9.17, 15) is 10.4 Å². The van der Waals surface area contributed by atoms with Gasteiger partial charge in [-0.25, -0.2) is 0 Å². The first-order chi connectivity index (χ1) is 12.6. The minimum atomic E-state index is -0.986. The highest BCUT2D eigenvalue weighted by Gasteiger charge is 2.26. The first-order valence-electron chi connectivity index (χ1n) is 7.62. The van der Waals surface area contributed by atoms with Crippen LogP contribution in [0.2, 0.25) is 5.02 Å². The van der Waals surface area contributed by atoms with Gasteiger partial charge in [0, 0.05) is 22.2 Å². The molecule has 0 aliphatic heterocycles. The van der Waals surface area contributed by atoms with E-state index < -0.39 is 6.04 Å². The molecule has 2 aromatic carbocycles. The monoisotopic (exact) mass is 370 g/mol. The minimum absolute atomic E-state index is 0.0324. The number of nitrogens with zero attached hydrogens (tertiary/aromatic N) is 3. The molecule has 3 rings (SSSR count). The van der Waals surface area contributed by atoms with Crippen molar-refractivity contribution in [3.05, 3.63) is 77.0 Å². The third-order valence-electron chi connectivity index (χ3n) is 3.77. The number of nitrogens with two attached hydrogens (primary N) is 1. The second kappa shape index (κ2) is 7.81. The summed E-state index contributed by atoms with van der Waals surface area (Å²) in [5.74, 6) is 0.250. The standard InChI is InChI=1S/C18H15ClN4O3/c19-13-8-6-11(7-9-13)14-10-15(26-23-14)16(20)18(22-25)17(21-24)12-4-2-1-3-5-12/h1-10,16,24-25H,20H2/b21-17+,22-18+. The first-order valence-corrected chi connectivity index (χ1v) is 7.99. The van der Waals surface area contributed by atoms with Gasteiger partial charge in [0.2, 0.25) is 0 Å². The summed E-state index contributed by atoms with van der Waals surface area (Å²) >= 11 is 5.88. The third-order valence-corrected chi connectivity index (χ3v) is 4.02. The summed E-state index contributed by atoms with van der Waals surface area (Å²) in [4.78, 5) is 0. The normalized spacial score (nSPS) is 13.6. The molecule has 0 saturated heterocycles. The maximum Gasteiger partial charge on any atom is 0.160 e. The van der Waals surface area contributed by atoms with Crippen molar-refractivity contribution in [1.29, 1.82) is 0 Å².